The Morgan fingerprint density at radius 3 is 0.769 bits per heavy atom. The van der Waals surface area contributed by atoms with Crippen molar-refractivity contribution in [2.75, 3.05) is 13.2 Å². The van der Waals surface area contributed by atoms with E-state index in [0.29, 0.717) is 19.3 Å². The molecule has 0 bridgehead atoms. The van der Waals surface area contributed by atoms with E-state index in [2.05, 4.69) is 32.9 Å². The predicted molar refractivity (Wildman–Crippen MR) is 280 cm³/mol. The minimum Gasteiger partial charge on any atom is -0.462 e. The summed E-state index contributed by atoms with van der Waals surface area (Å²) in [6.07, 6.45) is 62.0. The van der Waals surface area contributed by atoms with E-state index < -0.39 is 6.10 Å². The van der Waals surface area contributed by atoms with Gasteiger partial charge in [0.05, 0.1) is 0 Å². The molecule has 0 aliphatic rings. The predicted octanol–water partition coefficient (Wildman–Crippen LogP) is 19.3. The van der Waals surface area contributed by atoms with Crippen LogP contribution in [0, 0.1) is 0 Å². The Bertz CT molecular complexity index is 1010. The quantitative estimate of drug-likeness (QED) is 0.0262. The molecule has 0 aromatic rings. The van der Waals surface area contributed by atoms with Crippen molar-refractivity contribution in [1.29, 1.82) is 0 Å². The number of hydrogen-bond acceptors (Lipinski definition) is 6. The Kier molecular flexibility index (Phi) is 53.2. The van der Waals surface area contributed by atoms with Gasteiger partial charge in [0.2, 0.25) is 0 Å². The van der Waals surface area contributed by atoms with Gasteiger partial charge < -0.3 is 14.2 Å². The number of hydrogen-bond donors (Lipinski definition) is 0. The molecule has 0 rings (SSSR count). The van der Waals surface area contributed by atoms with E-state index in [1.807, 2.05) is 0 Å². The molecule has 0 fully saturated rings. The molecule has 1 atom stereocenters. The molecule has 0 saturated carbocycles. The molecular weight excluding hydrogens is 805 g/mol. The highest BCUT2D eigenvalue weighted by Gasteiger charge is 2.19. The van der Waals surface area contributed by atoms with E-state index >= 15 is 0 Å². The van der Waals surface area contributed by atoms with E-state index in [4.69, 9.17) is 14.2 Å². The van der Waals surface area contributed by atoms with Crippen molar-refractivity contribution in [2.45, 2.75) is 335 Å². The van der Waals surface area contributed by atoms with Crippen molar-refractivity contribution in [1.82, 2.24) is 0 Å². The fraction of sp³-hybridized carbons (Fsp3) is 0.915. The summed E-state index contributed by atoms with van der Waals surface area (Å²) in [5.41, 5.74) is 0. The number of esters is 3. The summed E-state index contributed by atoms with van der Waals surface area (Å²) in [6, 6.07) is 0. The maximum atomic E-state index is 12.9. The lowest BCUT2D eigenvalue weighted by Gasteiger charge is -2.18. The lowest BCUT2D eigenvalue weighted by Crippen LogP contribution is -2.30. The number of rotatable bonds is 54. The van der Waals surface area contributed by atoms with Crippen LogP contribution in [0.25, 0.3) is 0 Å². The first kappa shape index (κ1) is 63.1. The smallest absolute Gasteiger partial charge is 0.306 e. The summed E-state index contributed by atoms with van der Waals surface area (Å²) in [5, 5.41) is 0. The molecule has 0 unspecified atom stereocenters. The number of ether oxygens (including phenoxy) is 3. The van der Waals surface area contributed by atoms with E-state index in [1.54, 1.807) is 0 Å². The Labute approximate surface area is 405 Å². The highest BCUT2D eigenvalue weighted by atomic mass is 16.6. The van der Waals surface area contributed by atoms with E-state index in [1.165, 1.54) is 225 Å². The van der Waals surface area contributed by atoms with Gasteiger partial charge in [-0.3, -0.25) is 14.4 Å². The van der Waals surface area contributed by atoms with Gasteiger partial charge in [-0.1, -0.05) is 277 Å². The van der Waals surface area contributed by atoms with E-state index in [0.717, 1.165) is 64.2 Å². The Morgan fingerprint density at radius 1 is 0.292 bits per heavy atom. The minimum atomic E-state index is -0.767. The molecule has 0 heterocycles. The van der Waals surface area contributed by atoms with Crippen LogP contribution in [-0.2, 0) is 28.6 Å². The maximum Gasteiger partial charge on any atom is 0.306 e. The van der Waals surface area contributed by atoms with Crippen molar-refractivity contribution in [3.8, 4) is 0 Å². The maximum absolute atomic E-state index is 12.9. The lowest BCUT2D eigenvalue weighted by atomic mass is 10.0. The Hall–Kier alpha value is -1.85. The van der Waals surface area contributed by atoms with Gasteiger partial charge >= 0.3 is 17.9 Å². The van der Waals surface area contributed by atoms with Crippen LogP contribution >= 0.6 is 0 Å². The van der Waals surface area contributed by atoms with Crippen molar-refractivity contribution in [3.63, 3.8) is 0 Å². The molecule has 0 aromatic heterocycles. The van der Waals surface area contributed by atoms with E-state index in [-0.39, 0.29) is 31.1 Å². The number of carbonyl (C=O) groups excluding carboxylic acids is 3. The minimum absolute atomic E-state index is 0.0666. The van der Waals surface area contributed by atoms with Crippen LogP contribution in [0.15, 0.2) is 12.2 Å². The molecule has 0 spiro atoms. The molecule has 0 radical (unpaired) electrons. The first-order chi connectivity index (χ1) is 32.0. The molecule has 65 heavy (non-hydrogen) atoms. The van der Waals surface area contributed by atoms with Crippen molar-refractivity contribution >= 4 is 17.9 Å². The molecule has 0 saturated heterocycles. The number of carbonyl (C=O) groups is 3. The lowest BCUT2D eigenvalue weighted by molar-refractivity contribution is -0.167. The summed E-state index contributed by atoms with van der Waals surface area (Å²) in [6.45, 7) is 6.68. The molecule has 384 valence electrons. The van der Waals surface area contributed by atoms with Crippen LogP contribution in [0.1, 0.15) is 329 Å². The molecule has 0 aliphatic heterocycles. The van der Waals surface area contributed by atoms with Gasteiger partial charge in [0.25, 0.3) is 0 Å². The van der Waals surface area contributed by atoms with Crippen molar-refractivity contribution in [3.05, 3.63) is 12.2 Å². The van der Waals surface area contributed by atoms with Crippen LogP contribution in [0.3, 0.4) is 0 Å². The molecule has 0 aliphatic carbocycles. The van der Waals surface area contributed by atoms with Gasteiger partial charge in [-0.2, -0.15) is 0 Å². The third-order valence-electron chi connectivity index (χ3n) is 13.3. The SMILES string of the molecule is CCCCCCCC/C=C\CCCCCCCC(=O)OC[C@H](COC(=O)CCCCCCCCCCCCCCC)OC(=O)CCCCCCCCCCCCCCCCCCCCC. The third-order valence-corrected chi connectivity index (χ3v) is 13.3. The first-order valence-electron chi connectivity index (χ1n) is 29.2. The molecule has 0 amide bonds. The second-order valence-corrected chi connectivity index (χ2v) is 19.9. The average molecular weight is 918 g/mol. The Morgan fingerprint density at radius 2 is 0.508 bits per heavy atom. The largest absolute Gasteiger partial charge is 0.462 e. The highest BCUT2D eigenvalue weighted by Crippen LogP contribution is 2.17. The van der Waals surface area contributed by atoms with Gasteiger partial charge in [0.1, 0.15) is 13.2 Å². The molecule has 6 nitrogen and oxygen atoms in total. The van der Waals surface area contributed by atoms with Gasteiger partial charge in [-0.05, 0) is 44.9 Å². The zero-order valence-electron chi connectivity index (χ0n) is 44.0. The summed E-state index contributed by atoms with van der Waals surface area (Å²) < 4.78 is 16.9. The summed E-state index contributed by atoms with van der Waals surface area (Å²) in [5.74, 6) is -0.851. The number of allylic oxidation sites excluding steroid dienone is 2. The van der Waals surface area contributed by atoms with Gasteiger partial charge in [0.15, 0.2) is 6.10 Å². The van der Waals surface area contributed by atoms with Crippen LogP contribution in [0.5, 0.6) is 0 Å². The zero-order valence-corrected chi connectivity index (χ0v) is 44.0. The first-order valence-corrected chi connectivity index (χ1v) is 29.2. The van der Waals surface area contributed by atoms with Crippen molar-refractivity contribution in [2.24, 2.45) is 0 Å². The average Bonchev–Trinajstić information content (AvgIpc) is 3.30. The molecule has 0 aromatic carbocycles. The summed E-state index contributed by atoms with van der Waals surface area (Å²) >= 11 is 0. The van der Waals surface area contributed by atoms with Crippen LogP contribution in [-0.4, -0.2) is 37.2 Å². The number of unbranched alkanes of at least 4 members (excludes halogenated alkanes) is 41. The van der Waals surface area contributed by atoms with Crippen LogP contribution in [0.2, 0.25) is 0 Å². The van der Waals surface area contributed by atoms with Gasteiger partial charge in [0, 0.05) is 19.3 Å². The fourth-order valence-electron chi connectivity index (χ4n) is 8.85. The zero-order chi connectivity index (χ0) is 47.2. The molecule has 0 N–H and O–H groups in total. The topological polar surface area (TPSA) is 78.9 Å². The second kappa shape index (κ2) is 54.8. The summed E-state index contributed by atoms with van der Waals surface area (Å²) in [4.78, 5) is 38.1. The van der Waals surface area contributed by atoms with Crippen LogP contribution in [0.4, 0.5) is 0 Å². The van der Waals surface area contributed by atoms with Crippen molar-refractivity contribution < 1.29 is 28.6 Å². The van der Waals surface area contributed by atoms with E-state index in [9.17, 15) is 14.4 Å². The van der Waals surface area contributed by atoms with Gasteiger partial charge in [-0.15, -0.1) is 0 Å². The second-order valence-electron chi connectivity index (χ2n) is 19.9. The fourth-order valence-corrected chi connectivity index (χ4v) is 8.85. The van der Waals surface area contributed by atoms with Crippen LogP contribution < -0.4 is 0 Å². The summed E-state index contributed by atoms with van der Waals surface area (Å²) in [7, 11) is 0. The Balaban J connectivity index is 4.30. The standard InChI is InChI=1S/C59H112O6/c1-4-7-10-13-16-19-22-25-27-28-29-30-32-35-38-41-44-47-50-53-59(62)65-56(54-63-57(60)51-48-45-42-39-36-33-24-21-18-15-12-9-6-3)55-64-58(61)52-49-46-43-40-37-34-31-26-23-20-17-14-11-8-5-2/h26,31,56H,4-25,27-30,32-55H2,1-3H3/b31-26-/t56-/m0/s1. The molecular formula is C59H112O6. The monoisotopic (exact) mass is 917 g/mol. The third kappa shape index (κ3) is 53.0. The van der Waals surface area contributed by atoms with Gasteiger partial charge in [-0.25, -0.2) is 0 Å². The highest BCUT2D eigenvalue weighted by molar-refractivity contribution is 5.71. The molecule has 6 heteroatoms. The normalized spacial score (nSPS) is 12.0.